The van der Waals surface area contributed by atoms with E-state index in [1.165, 1.54) is 0 Å². The normalized spacial score (nSPS) is 19.3. The van der Waals surface area contributed by atoms with Crippen molar-refractivity contribution >= 4 is 11.8 Å². The molecule has 0 unspecified atom stereocenters. The maximum atomic E-state index is 12.5. The lowest BCUT2D eigenvalue weighted by Crippen LogP contribution is -2.39. The minimum atomic E-state index is -0.130. The molecule has 1 aromatic carbocycles. The molecule has 0 aliphatic carbocycles. The van der Waals surface area contributed by atoms with Crippen LogP contribution in [-0.2, 0) is 11.8 Å². The Kier molecular flexibility index (Phi) is 5.68. The Morgan fingerprint density at radius 3 is 2.62 bits per heavy atom. The number of aromatic nitrogens is 2. The molecule has 0 bridgehead atoms. The van der Waals surface area contributed by atoms with Gasteiger partial charge in [-0.1, -0.05) is 17.7 Å². The van der Waals surface area contributed by atoms with Gasteiger partial charge in [0.1, 0.15) is 0 Å². The number of hydrogen-bond acceptors (Lipinski definition) is 4. The van der Waals surface area contributed by atoms with Gasteiger partial charge in [-0.2, -0.15) is 5.10 Å². The zero-order valence-corrected chi connectivity index (χ0v) is 15.2. The minimum absolute atomic E-state index is 0.00781. The van der Waals surface area contributed by atoms with E-state index in [-0.39, 0.29) is 23.7 Å². The number of nitrogens with zero attached hydrogens (tertiary/aromatic N) is 2. The van der Waals surface area contributed by atoms with Crippen LogP contribution in [0.3, 0.4) is 0 Å². The summed E-state index contributed by atoms with van der Waals surface area (Å²) in [4.78, 5) is 24.6. The Balaban J connectivity index is 1.45. The lowest BCUT2D eigenvalue weighted by atomic mass is 9.90. The SMILES string of the molecule is Cc1ccc(C(=O)NCCNC(=O)[C@H]2CNC[C@@H]2c2cnn(C)c2)cc1. The molecular formula is C19H25N5O2. The van der Waals surface area contributed by atoms with Gasteiger partial charge < -0.3 is 16.0 Å². The summed E-state index contributed by atoms with van der Waals surface area (Å²) in [6, 6.07) is 7.41. The summed E-state index contributed by atoms with van der Waals surface area (Å²) in [5.41, 5.74) is 2.81. The molecule has 1 saturated heterocycles. The molecule has 1 aromatic heterocycles. The molecule has 0 spiro atoms. The molecule has 1 fully saturated rings. The monoisotopic (exact) mass is 355 g/mol. The van der Waals surface area contributed by atoms with Gasteiger partial charge >= 0.3 is 0 Å². The molecule has 138 valence electrons. The lowest BCUT2D eigenvalue weighted by molar-refractivity contribution is -0.124. The van der Waals surface area contributed by atoms with Gasteiger partial charge in [-0.3, -0.25) is 14.3 Å². The van der Waals surface area contributed by atoms with Crippen LogP contribution in [0.25, 0.3) is 0 Å². The zero-order valence-electron chi connectivity index (χ0n) is 15.2. The van der Waals surface area contributed by atoms with E-state index in [1.807, 2.05) is 38.5 Å². The highest BCUT2D eigenvalue weighted by Gasteiger charge is 2.34. The third-order valence-electron chi connectivity index (χ3n) is 4.73. The Bertz CT molecular complexity index is 768. The van der Waals surface area contributed by atoms with Crippen LogP contribution in [0, 0.1) is 12.8 Å². The number of hydrogen-bond donors (Lipinski definition) is 3. The van der Waals surface area contributed by atoms with E-state index in [9.17, 15) is 9.59 Å². The van der Waals surface area contributed by atoms with Crippen molar-refractivity contribution in [2.45, 2.75) is 12.8 Å². The molecular weight excluding hydrogens is 330 g/mol. The molecule has 2 heterocycles. The van der Waals surface area contributed by atoms with Crippen LogP contribution < -0.4 is 16.0 Å². The van der Waals surface area contributed by atoms with Crippen LogP contribution in [0.5, 0.6) is 0 Å². The summed E-state index contributed by atoms with van der Waals surface area (Å²) in [5, 5.41) is 13.2. The lowest BCUT2D eigenvalue weighted by Gasteiger charge is -2.17. The van der Waals surface area contributed by atoms with Crippen molar-refractivity contribution in [3.63, 3.8) is 0 Å². The predicted molar refractivity (Wildman–Crippen MR) is 98.8 cm³/mol. The average molecular weight is 355 g/mol. The maximum Gasteiger partial charge on any atom is 0.251 e. The summed E-state index contributed by atoms with van der Waals surface area (Å²) in [5.74, 6) is -0.110. The molecule has 26 heavy (non-hydrogen) atoms. The van der Waals surface area contributed by atoms with Crippen molar-refractivity contribution in [2.75, 3.05) is 26.2 Å². The largest absolute Gasteiger partial charge is 0.354 e. The molecule has 0 saturated carbocycles. The van der Waals surface area contributed by atoms with Crippen molar-refractivity contribution in [1.29, 1.82) is 0 Å². The summed E-state index contributed by atoms with van der Waals surface area (Å²) >= 11 is 0. The van der Waals surface area contributed by atoms with Gasteiger partial charge in [0.25, 0.3) is 5.91 Å². The first kappa shape index (κ1) is 18.1. The van der Waals surface area contributed by atoms with Crippen LogP contribution in [0.1, 0.15) is 27.4 Å². The van der Waals surface area contributed by atoms with Gasteiger partial charge in [0.15, 0.2) is 0 Å². The molecule has 7 nitrogen and oxygen atoms in total. The Morgan fingerprint density at radius 1 is 1.19 bits per heavy atom. The van der Waals surface area contributed by atoms with Crippen LogP contribution >= 0.6 is 0 Å². The molecule has 2 amide bonds. The first-order valence-electron chi connectivity index (χ1n) is 8.86. The fourth-order valence-corrected chi connectivity index (χ4v) is 3.24. The number of carbonyl (C=O) groups excluding carboxylic acids is 2. The number of rotatable bonds is 6. The first-order chi connectivity index (χ1) is 12.5. The van der Waals surface area contributed by atoms with Crippen molar-refractivity contribution in [2.24, 2.45) is 13.0 Å². The zero-order chi connectivity index (χ0) is 18.5. The number of nitrogens with one attached hydrogen (secondary N) is 3. The van der Waals surface area contributed by atoms with Gasteiger partial charge in [-0.25, -0.2) is 0 Å². The van der Waals surface area contributed by atoms with Crippen LogP contribution in [-0.4, -0.2) is 47.8 Å². The van der Waals surface area contributed by atoms with Crippen molar-refractivity contribution < 1.29 is 9.59 Å². The van der Waals surface area contributed by atoms with Gasteiger partial charge in [0.05, 0.1) is 12.1 Å². The Labute approximate surface area is 153 Å². The van der Waals surface area contributed by atoms with Gasteiger partial charge in [0.2, 0.25) is 5.91 Å². The fraction of sp³-hybridized carbons (Fsp3) is 0.421. The quantitative estimate of drug-likeness (QED) is 0.662. The van der Waals surface area contributed by atoms with Crippen LogP contribution in [0.2, 0.25) is 0 Å². The van der Waals surface area contributed by atoms with E-state index in [1.54, 1.807) is 16.8 Å². The van der Waals surface area contributed by atoms with E-state index < -0.39 is 0 Å². The van der Waals surface area contributed by atoms with Gasteiger partial charge in [0, 0.05) is 50.9 Å². The molecule has 7 heteroatoms. The minimum Gasteiger partial charge on any atom is -0.354 e. The van der Waals surface area contributed by atoms with Gasteiger partial charge in [-0.15, -0.1) is 0 Å². The van der Waals surface area contributed by atoms with Crippen molar-refractivity contribution in [3.05, 3.63) is 53.3 Å². The molecule has 1 aliphatic rings. The fourth-order valence-electron chi connectivity index (χ4n) is 3.24. The van der Waals surface area contributed by atoms with Crippen LogP contribution in [0.15, 0.2) is 36.7 Å². The number of aryl methyl sites for hydroxylation is 2. The summed E-state index contributed by atoms with van der Waals surface area (Å²) in [6.45, 7) is 4.21. The second-order valence-electron chi connectivity index (χ2n) is 6.73. The average Bonchev–Trinajstić information content (AvgIpc) is 3.27. The number of amides is 2. The Morgan fingerprint density at radius 2 is 1.92 bits per heavy atom. The molecule has 2 atom stereocenters. The van der Waals surface area contributed by atoms with Gasteiger partial charge in [-0.05, 0) is 24.6 Å². The van der Waals surface area contributed by atoms with Crippen LogP contribution in [0.4, 0.5) is 0 Å². The van der Waals surface area contributed by atoms with E-state index in [2.05, 4.69) is 21.0 Å². The van der Waals surface area contributed by atoms with E-state index >= 15 is 0 Å². The molecule has 3 rings (SSSR count). The van der Waals surface area contributed by atoms with E-state index in [0.29, 0.717) is 25.2 Å². The Hall–Kier alpha value is -2.67. The molecule has 3 N–H and O–H groups in total. The maximum absolute atomic E-state index is 12.5. The topological polar surface area (TPSA) is 88.1 Å². The third-order valence-corrected chi connectivity index (χ3v) is 4.73. The molecule has 1 aliphatic heterocycles. The smallest absolute Gasteiger partial charge is 0.251 e. The molecule has 0 radical (unpaired) electrons. The van der Waals surface area contributed by atoms with E-state index in [4.69, 9.17) is 0 Å². The number of benzene rings is 1. The first-order valence-corrected chi connectivity index (χ1v) is 8.86. The standard InChI is InChI=1S/C19H25N5O2/c1-13-3-5-14(6-4-13)18(25)21-7-8-22-19(26)17-11-20-10-16(17)15-9-23-24(2)12-15/h3-6,9,12,16-17,20H,7-8,10-11H2,1-2H3,(H,21,25)(H,22,26)/t16-,17+/m1/s1. The van der Waals surface area contributed by atoms with Crippen molar-refractivity contribution in [1.82, 2.24) is 25.7 Å². The highest BCUT2D eigenvalue weighted by atomic mass is 16.2. The van der Waals surface area contributed by atoms with E-state index in [0.717, 1.165) is 17.7 Å². The third kappa shape index (κ3) is 4.29. The van der Waals surface area contributed by atoms with Crippen molar-refractivity contribution in [3.8, 4) is 0 Å². The summed E-state index contributed by atoms with van der Waals surface area (Å²) < 4.78 is 1.75. The highest BCUT2D eigenvalue weighted by Crippen LogP contribution is 2.27. The molecule has 2 aromatic rings. The second kappa shape index (κ2) is 8.14. The summed E-state index contributed by atoms with van der Waals surface area (Å²) in [7, 11) is 1.87. The number of carbonyl (C=O) groups is 2. The highest BCUT2D eigenvalue weighted by molar-refractivity contribution is 5.94. The summed E-state index contributed by atoms with van der Waals surface area (Å²) in [6.07, 6.45) is 3.78. The second-order valence-corrected chi connectivity index (χ2v) is 6.73. The predicted octanol–water partition coefficient (Wildman–Crippen LogP) is 0.578.